The van der Waals surface area contributed by atoms with Crippen LogP contribution in [-0.4, -0.2) is 76.3 Å². The lowest BCUT2D eigenvalue weighted by Gasteiger charge is -2.37. The molecule has 1 aromatic heterocycles. The Labute approximate surface area is 268 Å². The zero-order valence-electron chi connectivity index (χ0n) is 27.8. The lowest BCUT2D eigenvalue weighted by atomic mass is 9.85. The van der Waals surface area contributed by atoms with E-state index in [1.807, 2.05) is 27.7 Å². The van der Waals surface area contributed by atoms with Crippen LogP contribution in [0.25, 0.3) is 11.0 Å². The summed E-state index contributed by atoms with van der Waals surface area (Å²) in [5, 5.41) is 2.82. The number of alkyl halides is 2. The van der Waals surface area contributed by atoms with E-state index in [2.05, 4.69) is 15.3 Å². The fourth-order valence-electron chi connectivity index (χ4n) is 7.33. The SMILES string of the molecule is COc1ccc2nc3c(nc2c1)O[C@H]1CN(C(=O)[C@H](C(C)(C)C)NC(=O)O[C@]2(C)CCC[C@H]2CCCC(F)C3F)[C@H](C(C)=O)C1C. The number of hydrogen-bond donors (Lipinski definition) is 1. The molecule has 2 bridgehead atoms. The molecule has 3 heterocycles. The average Bonchev–Trinajstić information content (AvgIpc) is 3.51. The number of nitrogens with one attached hydrogen (secondary N) is 1. The van der Waals surface area contributed by atoms with Crippen LogP contribution in [0.5, 0.6) is 11.6 Å². The van der Waals surface area contributed by atoms with Crippen molar-refractivity contribution in [2.75, 3.05) is 13.7 Å². The number of alkyl carbamates (subject to hydrolysis) is 1. The van der Waals surface area contributed by atoms with Crippen LogP contribution in [-0.2, 0) is 14.3 Å². The van der Waals surface area contributed by atoms with E-state index in [1.54, 1.807) is 25.1 Å². The molecule has 1 N–H and O–H groups in total. The van der Waals surface area contributed by atoms with Crippen molar-refractivity contribution in [3.63, 3.8) is 0 Å². The van der Waals surface area contributed by atoms with E-state index < -0.39 is 59.5 Å². The number of aromatic nitrogens is 2. The molecule has 2 fully saturated rings. The summed E-state index contributed by atoms with van der Waals surface area (Å²) in [7, 11) is 1.51. The molecular weight excluding hydrogens is 598 g/mol. The molecule has 2 amide bonds. The van der Waals surface area contributed by atoms with E-state index in [9.17, 15) is 14.4 Å². The van der Waals surface area contributed by atoms with Crippen LogP contribution >= 0.6 is 0 Å². The fourth-order valence-corrected chi connectivity index (χ4v) is 7.33. The van der Waals surface area contributed by atoms with Crippen molar-refractivity contribution in [3.8, 4) is 11.6 Å². The smallest absolute Gasteiger partial charge is 0.408 e. The predicted octanol–water partition coefficient (Wildman–Crippen LogP) is 6.05. The van der Waals surface area contributed by atoms with Gasteiger partial charge in [0.15, 0.2) is 12.0 Å². The van der Waals surface area contributed by atoms with Gasteiger partial charge in [0.1, 0.15) is 35.4 Å². The van der Waals surface area contributed by atoms with Crippen LogP contribution in [0.15, 0.2) is 18.2 Å². The summed E-state index contributed by atoms with van der Waals surface area (Å²) < 4.78 is 49.3. The molecule has 1 saturated heterocycles. The number of ketones is 1. The van der Waals surface area contributed by atoms with Gasteiger partial charge in [-0.2, -0.15) is 0 Å². The summed E-state index contributed by atoms with van der Waals surface area (Å²) in [5.74, 6) is -1.01. The van der Waals surface area contributed by atoms with Crippen LogP contribution in [0, 0.1) is 17.3 Å². The third-order valence-corrected chi connectivity index (χ3v) is 10.0. The molecule has 46 heavy (non-hydrogen) atoms. The Morgan fingerprint density at radius 1 is 1.11 bits per heavy atom. The Morgan fingerprint density at radius 2 is 1.83 bits per heavy atom. The molecule has 10 nitrogen and oxygen atoms in total. The minimum absolute atomic E-state index is 0.0411. The predicted molar refractivity (Wildman–Crippen MR) is 167 cm³/mol. The van der Waals surface area contributed by atoms with Gasteiger partial charge in [-0.3, -0.25) is 9.59 Å². The standard InChI is InChI=1S/C34H46F2N4O6/c1-18-25-17-40(28(18)19(2)41)31(42)29(33(3,4)5)39-32(43)46-34(6)15-9-11-20(34)10-8-12-22(35)26(36)27-30(45-25)38-24-16-21(44-7)13-14-23(24)37-27/h13-14,16,18,20,22,25-26,28-29H,8-12,15,17H2,1-7H3,(H,39,43)/t18?,20-,22?,25+,26?,28+,29-,34-/m1/s1. The number of fused-ring (bicyclic) bond motifs is 5. The Kier molecular flexibility index (Phi) is 9.48. The number of methoxy groups -OCH3 is 1. The molecule has 0 spiro atoms. The third kappa shape index (κ3) is 6.62. The monoisotopic (exact) mass is 644 g/mol. The largest absolute Gasteiger partial charge is 0.497 e. The molecule has 252 valence electrons. The van der Waals surface area contributed by atoms with E-state index in [-0.39, 0.29) is 36.2 Å². The highest BCUT2D eigenvalue weighted by atomic mass is 19.2. The van der Waals surface area contributed by atoms with Gasteiger partial charge >= 0.3 is 6.09 Å². The Morgan fingerprint density at radius 3 is 2.50 bits per heavy atom. The van der Waals surface area contributed by atoms with Crippen molar-refractivity contribution >= 4 is 28.8 Å². The van der Waals surface area contributed by atoms with E-state index in [0.717, 1.165) is 12.8 Å². The third-order valence-electron chi connectivity index (χ3n) is 10.0. The molecule has 8 atom stereocenters. The van der Waals surface area contributed by atoms with Crippen molar-refractivity contribution in [2.45, 2.75) is 116 Å². The number of ether oxygens (including phenoxy) is 3. The number of benzene rings is 1. The molecule has 5 rings (SSSR count). The number of rotatable bonds is 2. The second kappa shape index (κ2) is 12.9. The summed E-state index contributed by atoms with van der Waals surface area (Å²) in [6.07, 6.45) is -2.46. The summed E-state index contributed by atoms with van der Waals surface area (Å²) >= 11 is 0. The molecule has 0 radical (unpaired) electrons. The normalized spacial score (nSPS) is 32.8. The van der Waals surface area contributed by atoms with Gasteiger partial charge in [0.2, 0.25) is 11.8 Å². The molecule has 3 aliphatic rings. The lowest BCUT2D eigenvalue weighted by molar-refractivity contribution is -0.141. The second-order valence-corrected chi connectivity index (χ2v) is 14.4. The first-order chi connectivity index (χ1) is 21.6. The number of Topliss-reactive ketones (excluding diaryl/α,β-unsaturated/α-hetero) is 1. The van der Waals surface area contributed by atoms with E-state index in [1.165, 1.54) is 18.9 Å². The Hall–Kier alpha value is -3.57. The van der Waals surface area contributed by atoms with E-state index >= 15 is 8.78 Å². The van der Waals surface area contributed by atoms with Crippen molar-refractivity contribution in [1.29, 1.82) is 0 Å². The maximum absolute atomic E-state index is 16.1. The van der Waals surface area contributed by atoms with Gasteiger partial charge in [-0.1, -0.05) is 34.1 Å². The first-order valence-corrected chi connectivity index (χ1v) is 16.2. The lowest BCUT2D eigenvalue weighted by Crippen LogP contribution is -2.58. The van der Waals surface area contributed by atoms with Gasteiger partial charge in [-0.05, 0) is 69.4 Å². The van der Waals surface area contributed by atoms with Crippen LogP contribution in [0.1, 0.15) is 91.9 Å². The number of amides is 2. The number of halogens is 2. The van der Waals surface area contributed by atoms with Crippen LogP contribution < -0.4 is 14.8 Å². The van der Waals surface area contributed by atoms with Gasteiger partial charge in [0, 0.05) is 12.0 Å². The van der Waals surface area contributed by atoms with Crippen LogP contribution in [0.3, 0.4) is 0 Å². The quantitative estimate of drug-likeness (QED) is 0.420. The van der Waals surface area contributed by atoms with Crippen LogP contribution in [0.2, 0.25) is 0 Å². The topological polar surface area (TPSA) is 120 Å². The highest BCUT2D eigenvalue weighted by Gasteiger charge is 2.50. The van der Waals surface area contributed by atoms with E-state index in [4.69, 9.17) is 14.2 Å². The van der Waals surface area contributed by atoms with Gasteiger partial charge in [-0.25, -0.2) is 23.5 Å². The number of nitrogens with zero attached hydrogens (tertiary/aromatic N) is 3. The second-order valence-electron chi connectivity index (χ2n) is 14.4. The number of carbonyl (C=O) groups excluding carboxylic acids is 3. The summed E-state index contributed by atoms with van der Waals surface area (Å²) in [4.78, 5) is 51.1. The Balaban J connectivity index is 1.59. The molecule has 1 aliphatic carbocycles. The highest BCUT2D eigenvalue weighted by Crippen LogP contribution is 2.43. The summed E-state index contributed by atoms with van der Waals surface area (Å²) in [6, 6.07) is 3.02. The van der Waals surface area contributed by atoms with Crippen molar-refractivity contribution in [2.24, 2.45) is 17.3 Å². The molecule has 2 aromatic rings. The molecule has 2 aliphatic heterocycles. The Bertz CT molecular complexity index is 1480. The zero-order valence-corrected chi connectivity index (χ0v) is 27.8. The summed E-state index contributed by atoms with van der Waals surface area (Å²) in [5.41, 5.74) is -1.11. The van der Waals surface area contributed by atoms with E-state index in [0.29, 0.717) is 36.0 Å². The zero-order chi connectivity index (χ0) is 33.6. The number of carbonyl (C=O) groups is 3. The van der Waals surface area contributed by atoms with Gasteiger partial charge in [0.25, 0.3) is 0 Å². The minimum atomic E-state index is -2.13. The fraction of sp³-hybridized carbons (Fsp3) is 0.676. The molecular formula is C34H46F2N4O6. The maximum atomic E-state index is 16.1. The average molecular weight is 645 g/mol. The van der Waals surface area contributed by atoms with Crippen molar-refractivity contribution < 1.29 is 37.4 Å². The molecule has 1 aromatic carbocycles. The van der Waals surface area contributed by atoms with Gasteiger partial charge in [0.05, 0.1) is 30.7 Å². The van der Waals surface area contributed by atoms with Gasteiger partial charge < -0.3 is 24.4 Å². The summed E-state index contributed by atoms with van der Waals surface area (Å²) in [6.45, 7) is 10.5. The van der Waals surface area contributed by atoms with Crippen molar-refractivity contribution in [1.82, 2.24) is 20.2 Å². The first kappa shape index (κ1) is 33.8. The minimum Gasteiger partial charge on any atom is -0.497 e. The molecule has 12 heteroatoms. The number of hydrogen-bond acceptors (Lipinski definition) is 8. The maximum Gasteiger partial charge on any atom is 0.408 e. The highest BCUT2D eigenvalue weighted by molar-refractivity contribution is 5.92. The molecule has 3 unspecified atom stereocenters. The molecule has 1 saturated carbocycles. The van der Waals surface area contributed by atoms with Gasteiger partial charge in [-0.15, -0.1) is 0 Å². The first-order valence-electron chi connectivity index (χ1n) is 16.2. The van der Waals surface area contributed by atoms with Crippen LogP contribution in [0.4, 0.5) is 13.6 Å². The van der Waals surface area contributed by atoms with Crippen molar-refractivity contribution in [3.05, 3.63) is 23.9 Å².